The molecule has 7 heteroatoms. The van der Waals surface area contributed by atoms with Crippen LogP contribution in [0.3, 0.4) is 0 Å². The van der Waals surface area contributed by atoms with Crippen LogP contribution in [-0.2, 0) is 13.1 Å². The van der Waals surface area contributed by atoms with Gasteiger partial charge in [-0.25, -0.2) is 0 Å². The van der Waals surface area contributed by atoms with Gasteiger partial charge in [0.05, 0.1) is 0 Å². The first kappa shape index (κ1) is 12.5. The molecule has 0 spiro atoms. The van der Waals surface area contributed by atoms with Gasteiger partial charge in [0.1, 0.15) is 10.7 Å². The van der Waals surface area contributed by atoms with Crippen molar-refractivity contribution < 1.29 is 10.0 Å². The first-order valence-electron chi connectivity index (χ1n) is 4.78. The normalized spacial score (nSPS) is 11.8. The molecule has 16 heavy (non-hydrogen) atoms. The summed E-state index contributed by atoms with van der Waals surface area (Å²) in [5, 5.41) is 11.9. The van der Waals surface area contributed by atoms with Crippen LogP contribution in [0.4, 0.5) is 0 Å². The van der Waals surface area contributed by atoms with Gasteiger partial charge in [-0.3, -0.25) is 18.7 Å². The van der Waals surface area contributed by atoms with Gasteiger partial charge in [-0.2, -0.15) is 0 Å². The van der Waals surface area contributed by atoms with E-state index in [1.807, 2.05) is 0 Å². The molecule has 0 radical (unpaired) electrons. The van der Waals surface area contributed by atoms with Crippen molar-refractivity contribution in [2.45, 2.75) is 26.9 Å². The number of nitrogens with zero attached hydrogens (tertiary/aromatic N) is 3. The fourth-order valence-electron chi connectivity index (χ4n) is 1.48. The van der Waals surface area contributed by atoms with Gasteiger partial charge >= 0.3 is 0 Å². The number of aldehydes is 1. The summed E-state index contributed by atoms with van der Waals surface area (Å²) in [4.78, 5) is 22.5. The van der Waals surface area contributed by atoms with E-state index >= 15 is 0 Å². The van der Waals surface area contributed by atoms with Crippen molar-refractivity contribution >= 4 is 17.9 Å². The Bertz CT molecular complexity index is 530. The van der Waals surface area contributed by atoms with E-state index in [1.165, 1.54) is 9.13 Å². The number of halogens is 1. The van der Waals surface area contributed by atoms with Crippen LogP contribution in [0.25, 0.3) is 0 Å². The molecule has 88 valence electrons. The van der Waals surface area contributed by atoms with E-state index in [0.29, 0.717) is 12.8 Å². The van der Waals surface area contributed by atoms with Gasteiger partial charge in [0.25, 0.3) is 11.2 Å². The van der Waals surface area contributed by atoms with Crippen molar-refractivity contribution in [1.82, 2.24) is 9.13 Å². The van der Waals surface area contributed by atoms with Gasteiger partial charge in [0, 0.05) is 13.1 Å². The van der Waals surface area contributed by atoms with E-state index < -0.39 is 5.56 Å². The Kier molecular flexibility index (Phi) is 3.89. The molecule has 0 aliphatic heterocycles. The second-order valence-corrected chi connectivity index (χ2v) is 3.37. The van der Waals surface area contributed by atoms with Gasteiger partial charge in [0.2, 0.25) is 0 Å². The molecule has 0 aliphatic rings. The molecule has 1 aromatic heterocycles. The zero-order valence-corrected chi connectivity index (χ0v) is 9.73. The number of carbonyl (C=O) groups is 1. The first-order chi connectivity index (χ1) is 7.62. The van der Waals surface area contributed by atoms with Crippen molar-refractivity contribution in [2.75, 3.05) is 0 Å². The number of carbonyl (C=O) groups excluding carboxylic acids is 1. The third kappa shape index (κ3) is 1.76. The predicted octanol–water partition coefficient (Wildman–Crippen LogP) is 0.445. The zero-order valence-electron chi connectivity index (χ0n) is 8.97. The summed E-state index contributed by atoms with van der Waals surface area (Å²) >= 11 is 5.87. The van der Waals surface area contributed by atoms with Gasteiger partial charge < -0.3 is 5.21 Å². The van der Waals surface area contributed by atoms with Gasteiger partial charge in [0.15, 0.2) is 6.29 Å². The minimum atomic E-state index is -0.556. The summed E-state index contributed by atoms with van der Waals surface area (Å²) in [7, 11) is 0. The molecule has 0 atom stereocenters. The van der Waals surface area contributed by atoms with Crippen LogP contribution in [-0.4, -0.2) is 20.6 Å². The fourth-order valence-corrected chi connectivity index (χ4v) is 1.80. The topological polar surface area (TPSA) is 76.6 Å². The Labute approximate surface area is 96.4 Å². The third-order valence-corrected chi connectivity index (χ3v) is 2.67. The zero-order chi connectivity index (χ0) is 12.3. The Balaban J connectivity index is 3.91. The first-order valence-corrected chi connectivity index (χ1v) is 5.16. The van der Waals surface area contributed by atoms with E-state index in [2.05, 4.69) is 5.16 Å². The van der Waals surface area contributed by atoms with Crippen LogP contribution in [0.1, 0.15) is 24.2 Å². The van der Waals surface area contributed by atoms with Crippen LogP contribution in [0.5, 0.6) is 0 Å². The molecule has 0 aromatic carbocycles. The summed E-state index contributed by atoms with van der Waals surface area (Å²) in [6.07, 6.45) is 0.407. The van der Waals surface area contributed by atoms with Crippen LogP contribution in [0.15, 0.2) is 9.95 Å². The molecule has 0 bridgehead atoms. The highest BCUT2D eigenvalue weighted by molar-refractivity contribution is 6.31. The molecule has 1 N–H and O–H groups in total. The predicted molar refractivity (Wildman–Crippen MR) is 57.8 cm³/mol. The quantitative estimate of drug-likeness (QED) is 0.363. The summed E-state index contributed by atoms with van der Waals surface area (Å²) < 4.78 is 2.56. The molecule has 0 fully saturated rings. The highest BCUT2D eigenvalue weighted by atomic mass is 35.5. The molecule has 0 saturated carbocycles. The maximum absolute atomic E-state index is 11.8. The second-order valence-electron chi connectivity index (χ2n) is 3.02. The molecule has 1 aromatic rings. The van der Waals surface area contributed by atoms with Gasteiger partial charge in [-0.15, -0.1) is 0 Å². The average molecular weight is 246 g/mol. The number of hydrogen-bond donors (Lipinski definition) is 1. The standard InChI is InChI=1S/C9H12ClN3O3/c1-3-12-7(10)6(5-14)8(15)13(4-2)9(12)11-16/h5,16H,3-4H2,1-2H3. The van der Waals surface area contributed by atoms with E-state index in [-0.39, 0.29) is 22.9 Å². The third-order valence-electron chi connectivity index (χ3n) is 2.26. The molecule has 0 aliphatic carbocycles. The van der Waals surface area contributed by atoms with E-state index in [1.54, 1.807) is 13.8 Å². The van der Waals surface area contributed by atoms with Crippen molar-refractivity contribution in [1.29, 1.82) is 0 Å². The molecular formula is C9H12ClN3O3. The smallest absolute Gasteiger partial charge is 0.267 e. The second kappa shape index (κ2) is 4.98. The largest absolute Gasteiger partial charge is 0.408 e. The lowest BCUT2D eigenvalue weighted by Crippen LogP contribution is -2.42. The lowest BCUT2D eigenvalue weighted by atomic mass is 10.3. The molecule has 6 nitrogen and oxygen atoms in total. The number of rotatable bonds is 3. The highest BCUT2D eigenvalue weighted by Crippen LogP contribution is 2.07. The molecule has 0 amide bonds. The van der Waals surface area contributed by atoms with Crippen LogP contribution < -0.4 is 11.2 Å². The van der Waals surface area contributed by atoms with E-state index in [4.69, 9.17) is 16.8 Å². The maximum Gasteiger partial charge on any atom is 0.267 e. The lowest BCUT2D eigenvalue weighted by Gasteiger charge is -2.12. The van der Waals surface area contributed by atoms with E-state index in [9.17, 15) is 9.59 Å². The number of aromatic nitrogens is 2. The fraction of sp³-hybridized carbons (Fsp3) is 0.444. The Hall–Kier alpha value is -1.56. The van der Waals surface area contributed by atoms with Crippen molar-refractivity contribution in [3.8, 4) is 0 Å². The minimum Gasteiger partial charge on any atom is -0.408 e. The summed E-state index contributed by atoms with van der Waals surface area (Å²) in [5.74, 6) is 0. The van der Waals surface area contributed by atoms with Crippen LogP contribution in [0.2, 0.25) is 5.15 Å². The van der Waals surface area contributed by atoms with Crippen LogP contribution in [0, 0.1) is 0 Å². The van der Waals surface area contributed by atoms with Gasteiger partial charge in [-0.05, 0) is 13.8 Å². The van der Waals surface area contributed by atoms with Crippen molar-refractivity contribution in [3.63, 3.8) is 0 Å². The maximum atomic E-state index is 11.8. The van der Waals surface area contributed by atoms with E-state index in [0.717, 1.165) is 0 Å². The van der Waals surface area contributed by atoms with Gasteiger partial charge in [-0.1, -0.05) is 16.8 Å². The lowest BCUT2D eigenvalue weighted by molar-refractivity contribution is 0.112. The van der Waals surface area contributed by atoms with Crippen molar-refractivity contribution in [2.24, 2.45) is 5.16 Å². The molecular weight excluding hydrogens is 234 g/mol. The Morgan fingerprint density at radius 1 is 1.38 bits per heavy atom. The molecule has 0 saturated heterocycles. The summed E-state index contributed by atoms with van der Waals surface area (Å²) in [6.45, 7) is 4.15. The molecule has 1 rings (SSSR count). The monoisotopic (exact) mass is 245 g/mol. The number of hydrogen-bond acceptors (Lipinski definition) is 4. The minimum absolute atomic E-state index is 0.0139. The molecule has 0 unspecified atom stereocenters. The van der Waals surface area contributed by atoms with Crippen LogP contribution >= 0.6 is 11.6 Å². The Morgan fingerprint density at radius 3 is 2.31 bits per heavy atom. The average Bonchev–Trinajstić information content (AvgIpc) is 2.29. The highest BCUT2D eigenvalue weighted by Gasteiger charge is 2.14. The molecule has 1 heterocycles. The van der Waals surface area contributed by atoms with Crippen molar-refractivity contribution in [3.05, 3.63) is 26.7 Å². The Morgan fingerprint density at radius 2 is 1.94 bits per heavy atom. The summed E-state index contributed by atoms with van der Waals surface area (Å²) in [5.41, 5.74) is -0.650. The summed E-state index contributed by atoms with van der Waals surface area (Å²) in [6, 6.07) is 0. The SMILES string of the molecule is CCn1c(Cl)c(C=O)c(=O)n(CC)c1=NO.